The Hall–Kier alpha value is -7.17. The number of hydrogen-bond acceptors (Lipinski definition) is 4. The van der Waals surface area contributed by atoms with Gasteiger partial charge in [-0.3, -0.25) is 0 Å². The van der Waals surface area contributed by atoms with Crippen molar-refractivity contribution in [3.8, 4) is 89.9 Å². The van der Waals surface area contributed by atoms with Gasteiger partial charge in [0.05, 0.1) is 0 Å². The van der Waals surface area contributed by atoms with Gasteiger partial charge in [-0.25, -0.2) is 15.0 Å². The molecule has 8 aromatic carbocycles. The summed E-state index contributed by atoms with van der Waals surface area (Å²) in [6.45, 7) is 0. The molecule has 59 heavy (non-hydrogen) atoms. The van der Waals surface area contributed by atoms with E-state index in [9.17, 15) is 0 Å². The Balaban J connectivity index is 0.00000449. The van der Waals surface area contributed by atoms with Gasteiger partial charge in [0.1, 0.15) is 5.82 Å². The molecule has 0 bridgehead atoms. The number of benzene rings is 8. The van der Waals surface area contributed by atoms with Crippen LogP contribution < -0.4 is 0 Å². The molecule has 0 saturated carbocycles. The van der Waals surface area contributed by atoms with Crippen molar-refractivity contribution in [2.24, 2.45) is 0 Å². The van der Waals surface area contributed by atoms with E-state index in [2.05, 4.69) is 176 Å². The first-order chi connectivity index (χ1) is 28.7. The van der Waals surface area contributed by atoms with Crippen LogP contribution in [0.3, 0.4) is 0 Å². The first-order valence-electron chi connectivity index (χ1n) is 19.4. The Morgan fingerprint density at radius 2 is 0.763 bits per heavy atom. The quantitative estimate of drug-likeness (QED) is 0.142. The third-order valence-corrected chi connectivity index (χ3v) is 10.5. The summed E-state index contributed by atoms with van der Waals surface area (Å²) in [5.74, 6) is 1.76. The van der Waals surface area contributed by atoms with Gasteiger partial charge in [0, 0.05) is 37.4 Å². The van der Waals surface area contributed by atoms with Crippen LogP contribution in [0.5, 0.6) is 0 Å². The maximum atomic E-state index is 5.17. The number of hydrogen-bond donors (Lipinski definition) is 0. The monoisotopic (exact) mass is 932 g/mol. The van der Waals surface area contributed by atoms with Crippen LogP contribution in [0.4, 0.5) is 0 Å². The Kier molecular flexibility index (Phi) is 10.6. The number of fused-ring (bicyclic) bond motifs is 1. The summed E-state index contributed by atoms with van der Waals surface area (Å²) in [5, 5.41) is 2.19. The maximum absolute atomic E-state index is 5.17. The van der Waals surface area contributed by atoms with Crippen molar-refractivity contribution < 1.29 is 20.1 Å². The van der Waals surface area contributed by atoms with Gasteiger partial charge in [-0.05, 0) is 91.3 Å². The largest absolute Gasteiger partial charge is 0.304 e. The van der Waals surface area contributed by atoms with Gasteiger partial charge < -0.3 is 4.98 Å². The molecule has 10 aromatic rings. The smallest absolute Gasteiger partial charge is 0.164 e. The van der Waals surface area contributed by atoms with Crippen molar-refractivity contribution in [2.45, 2.75) is 0 Å². The summed E-state index contributed by atoms with van der Waals surface area (Å²) in [4.78, 5) is 20.2. The SMILES string of the molecule is [Ir].[c-]1ccc(-c2nc(-c3ccc(-c4ccccc4)cc3)nc(-c3cccc(-c4cc(-c5ccccc5)cc(-c5ccccc5)c4)c3)n2)cc1-c1nccc2ccccc12. The average Bonchev–Trinajstić information content (AvgIpc) is 3.32. The van der Waals surface area contributed by atoms with Crippen molar-refractivity contribution in [1.29, 1.82) is 0 Å². The molecule has 10 rings (SSSR count). The molecular formula is C54H35IrN4-. The Labute approximate surface area is 357 Å². The predicted molar refractivity (Wildman–Crippen MR) is 237 cm³/mol. The molecule has 0 N–H and O–H groups in total. The van der Waals surface area contributed by atoms with Gasteiger partial charge in [-0.15, -0.1) is 29.8 Å². The van der Waals surface area contributed by atoms with Crippen molar-refractivity contribution in [3.63, 3.8) is 0 Å². The van der Waals surface area contributed by atoms with E-state index in [0.717, 1.165) is 72.1 Å². The molecule has 0 aliphatic rings. The van der Waals surface area contributed by atoms with Crippen LogP contribution in [0.15, 0.2) is 212 Å². The van der Waals surface area contributed by atoms with E-state index in [4.69, 9.17) is 19.9 Å². The van der Waals surface area contributed by atoms with E-state index in [1.165, 1.54) is 11.1 Å². The van der Waals surface area contributed by atoms with Crippen molar-refractivity contribution in [2.75, 3.05) is 0 Å². The van der Waals surface area contributed by atoms with Gasteiger partial charge in [0.25, 0.3) is 0 Å². The normalized spacial score (nSPS) is 10.9. The second-order valence-corrected chi connectivity index (χ2v) is 14.2. The van der Waals surface area contributed by atoms with Crippen LogP contribution in [0, 0.1) is 6.07 Å². The van der Waals surface area contributed by atoms with Crippen LogP contribution >= 0.6 is 0 Å². The molecule has 0 unspecified atom stereocenters. The first kappa shape index (κ1) is 37.4. The number of pyridine rings is 1. The van der Waals surface area contributed by atoms with Crippen LogP contribution in [0.25, 0.3) is 101 Å². The predicted octanol–water partition coefficient (Wildman–Crippen LogP) is 13.6. The minimum Gasteiger partial charge on any atom is -0.304 e. The van der Waals surface area contributed by atoms with E-state index in [0.29, 0.717) is 17.5 Å². The molecule has 0 saturated heterocycles. The summed E-state index contributed by atoms with van der Waals surface area (Å²) in [5.41, 5.74) is 13.5. The fraction of sp³-hybridized carbons (Fsp3) is 0. The molecule has 4 nitrogen and oxygen atoms in total. The summed E-state index contributed by atoms with van der Waals surface area (Å²) >= 11 is 0. The third-order valence-electron chi connectivity index (χ3n) is 10.5. The molecule has 0 aliphatic carbocycles. The van der Waals surface area contributed by atoms with Crippen molar-refractivity contribution in [1.82, 2.24) is 19.9 Å². The average molecular weight is 932 g/mol. The molecule has 0 atom stereocenters. The standard InChI is InChI=1S/C54H35N4.Ir/c1-4-14-37(15-5-1)40-26-28-42(29-27-40)52-56-53(58-54(57-52)46-24-13-22-44(33-46)51-50-25-11-10-20-41(50)30-31-55-51)45-23-12-21-43(32-45)49-35-47(38-16-6-2-7-17-38)34-48(36-49)39-18-8-3-9-19-39;/h1-21,23-36H;/q-1;. The molecule has 0 aliphatic heterocycles. The molecule has 1 radical (unpaired) electrons. The van der Waals surface area contributed by atoms with E-state index in [1.54, 1.807) is 0 Å². The molecule has 0 spiro atoms. The Morgan fingerprint density at radius 3 is 1.39 bits per heavy atom. The second-order valence-electron chi connectivity index (χ2n) is 14.2. The summed E-state index contributed by atoms with van der Waals surface area (Å²) < 4.78 is 0. The molecule has 281 valence electrons. The van der Waals surface area contributed by atoms with Gasteiger partial charge in [-0.1, -0.05) is 163 Å². The summed E-state index contributed by atoms with van der Waals surface area (Å²) in [6, 6.07) is 75.0. The molecule has 2 aromatic heterocycles. The van der Waals surface area contributed by atoms with Crippen LogP contribution in [-0.4, -0.2) is 19.9 Å². The zero-order chi connectivity index (χ0) is 38.7. The first-order valence-corrected chi connectivity index (χ1v) is 19.4. The van der Waals surface area contributed by atoms with Crippen molar-refractivity contribution >= 4 is 10.8 Å². The fourth-order valence-electron chi connectivity index (χ4n) is 7.51. The molecule has 0 amide bonds. The second kappa shape index (κ2) is 16.7. The maximum Gasteiger partial charge on any atom is 0.164 e. The number of nitrogens with zero attached hydrogens (tertiary/aromatic N) is 4. The number of rotatable bonds is 8. The molecule has 0 fully saturated rings. The van der Waals surface area contributed by atoms with Gasteiger partial charge >= 0.3 is 0 Å². The van der Waals surface area contributed by atoms with E-state index in [1.807, 2.05) is 42.6 Å². The van der Waals surface area contributed by atoms with E-state index >= 15 is 0 Å². The Bertz CT molecular complexity index is 2980. The van der Waals surface area contributed by atoms with E-state index < -0.39 is 0 Å². The fourth-order valence-corrected chi connectivity index (χ4v) is 7.51. The van der Waals surface area contributed by atoms with E-state index in [-0.39, 0.29) is 20.1 Å². The molecular weight excluding hydrogens is 897 g/mol. The topological polar surface area (TPSA) is 51.6 Å². The summed E-state index contributed by atoms with van der Waals surface area (Å²) in [7, 11) is 0. The minimum absolute atomic E-state index is 0. The zero-order valence-electron chi connectivity index (χ0n) is 31.8. The molecule has 2 heterocycles. The Morgan fingerprint density at radius 1 is 0.322 bits per heavy atom. The molecule has 5 heteroatoms. The zero-order valence-corrected chi connectivity index (χ0v) is 34.2. The van der Waals surface area contributed by atoms with Crippen molar-refractivity contribution in [3.05, 3.63) is 219 Å². The van der Waals surface area contributed by atoms with Gasteiger partial charge in [-0.2, -0.15) is 0 Å². The van der Waals surface area contributed by atoms with Crippen LogP contribution in [0.1, 0.15) is 0 Å². The van der Waals surface area contributed by atoms with Crippen LogP contribution in [0.2, 0.25) is 0 Å². The van der Waals surface area contributed by atoms with Gasteiger partial charge in [0.2, 0.25) is 0 Å². The van der Waals surface area contributed by atoms with Crippen LogP contribution in [-0.2, 0) is 20.1 Å². The summed E-state index contributed by atoms with van der Waals surface area (Å²) in [6.07, 6.45) is 1.85. The third kappa shape index (κ3) is 7.90. The van der Waals surface area contributed by atoms with Gasteiger partial charge in [0.15, 0.2) is 11.6 Å². The number of aromatic nitrogens is 4. The minimum atomic E-state index is 0.